The lowest BCUT2D eigenvalue weighted by molar-refractivity contribution is 0.0195. The molecule has 2 aromatic rings. The molecular formula is C14H11NO2S. The number of nitrogens with zero attached hydrogens (tertiary/aromatic N) is 1. The normalized spacial score (nSPS) is 21.2. The molecule has 0 saturated carbocycles. The summed E-state index contributed by atoms with van der Waals surface area (Å²) in [5, 5.41) is 2.07. The first kappa shape index (κ1) is 10.3. The van der Waals surface area contributed by atoms with Crippen LogP contribution in [0.4, 0.5) is 0 Å². The zero-order valence-electron chi connectivity index (χ0n) is 9.63. The van der Waals surface area contributed by atoms with Crippen molar-refractivity contribution >= 4 is 17.2 Å². The predicted molar refractivity (Wildman–Crippen MR) is 68.4 cm³/mol. The minimum Gasteiger partial charge on any atom is -0.356 e. The number of hydrogen-bond donors (Lipinski definition) is 0. The first-order valence-corrected chi connectivity index (χ1v) is 6.78. The van der Waals surface area contributed by atoms with Gasteiger partial charge < -0.3 is 9.64 Å². The van der Waals surface area contributed by atoms with Gasteiger partial charge in [0.15, 0.2) is 0 Å². The summed E-state index contributed by atoms with van der Waals surface area (Å²) in [6.07, 6.45) is 0. The summed E-state index contributed by atoms with van der Waals surface area (Å²) in [5.74, 6) is 0.0804. The molecule has 0 saturated heterocycles. The van der Waals surface area contributed by atoms with Crippen molar-refractivity contribution in [3.8, 4) is 0 Å². The van der Waals surface area contributed by atoms with Gasteiger partial charge in [-0.15, -0.1) is 11.3 Å². The standard InChI is InChI=1S/C14H11NO2S/c16-14-11-4-2-1-3-10(11)12-13-9(5-6-18-13)7-17-8-15(12)14/h1-6,12H,7-8H2. The Bertz CT molecular complexity index is 634. The van der Waals surface area contributed by atoms with Gasteiger partial charge in [0.25, 0.3) is 5.91 Å². The predicted octanol–water partition coefficient (Wildman–Crippen LogP) is 2.78. The molecule has 0 bridgehead atoms. The summed E-state index contributed by atoms with van der Waals surface area (Å²) in [6, 6.07) is 10.0. The van der Waals surface area contributed by atoms with Gasteiger partial charge in [-0.25, -0.2) is 0 Å². The van der Waals surface area contributed by atoms with Crippen molar-refractivity contribution in [2.75, 3.05) is 6.73 Å². The molecule has 0 radical (unpaired) electrons. The number of hydrogen-bond acceptors (Lipinski definition) is 3. The Hall–Kier alpha value is -1.65. The topological polar surface area (TPSA) is 29.5 Å². The van der Waals surface area contributed by atoms with E-state index in [9.17, 15) is 4.79 Å². The molecule has 0 spiro atoms. The van der Waals surface area contributed by atoms with Gasteiger partial charge in [0.1, 0.15) is 6.73 Å². The lowest BCUT2D eigenvalue weighted by Crippen LogP contribution is -2.29. The van der Waals surface area contributed by atoms with E-state index in [1.54, 1.807) is 11.3 Å². The van der Waals surface area contributed by atoms with E-state index in [0.717, 1.165) is 11.1 Å². The van der Waals surface area contributed by atoms with Crippen LogP contribution in [0, 0.1) is 0 Å². The van der Waals surface area contributed by atoms with Gasteiger partial charge in [0.05, 0.1) is 12.6 Å². The second-order valence-electron chi connectivity index (χ2n) is 4.55. The number of amides is 1. The molecular weight excluding hydrogens is 246 g/mol. The number of carbonyl (C=O) groups excluding carboxylic acids is 1. The highest BCUT2D eigenvalue weighted by molar-refractivity contribution is 7.10. The van der Waals surface area contributed by atoms with Crippen molar-refractivity contribution < 1.29 is 9.53 Å². The number of rotatable bonds is 0. The maximum atomic E-state index is 12.4. The molecule has 0 aliphatic carbocycles. The molecule has 3 heterocycles. The monoisotopic (exact) mass is 257 g/mol. The molecule has 1 atom stereocenters. The Balaban J connectivity index is 1.96. The average Bonchev–Trinajstić information content (AvgIpc) is 2.90. The molecule has 4 heteroatoms. The molecule has 1 aromatic heterocycles. The first-order chi connectivity index (χ1) is 8.86. The van der Waals surface area contributed by atoms with E-state index >= 15 is 0 Å². The molecule has 18 heavy (non-hydrogen) atoms. The number of ether oxygens (including phenoxy) is 1. The first-order valence-electron chi connectivity index (χ1n) is 5.90. The number of carbonyl (C=O) groups is 1. The third-order valence-corrected chi connectivity index (χ3v) is 4.59. The van der Waals surface area contributed by atoms with E-state index in [4.69, 9.17) is 4.74 Å². The molecule has 3 nitrogen and oxygen atoms in total. The van der Waals surface area contributed by atoms with Crippen LogP contribution in [-0.4, -0.2) is 17.5 Å². The Morgan fingerprint density at radius 2 is 2.17 bits per heavy atom. The van der Waals surface area contributed by atoms with Gasteiger partial charge in [-0.1, -0.05) is 18.2 Å². The van der Waals surface area contributed by atoms with Gasteiger partial charge in [-0.2, -0.15) is 0 Å². The average molecular weight is 257 g/mol. The van der Waals surface area contributed by atoms with Crippen molar-refractivity contribution in [2.45, 2.75) is 12.6 Å². The van der Waals surface area contributed by atoms with E-state index < -0.39 is 0 Å². The Labute approximate surface area is 109 Å². The van der Waals surface area contributed by atoms with E-state index in [0.29, 0.717) is 13.3 Å². The summed E-state index contributed by atoms with van der Waals surface area (Å²) in [4.78, 5) is 15.4. The second-order valence-corrected chi connectivity index (χ2v) is 5.50. The van der Waals surface area contributed by atoms with Crippen LogP contribution in [0.1, 0.15) is 32.4 Å². The lowest BCUT2D eigenvalue weighted by Gasteiger charge is -2.21. The molecule has 1 aromatic carbocycles. The number of benzene rings is 1. The zero-order valence-corrected chi connectivity index (χ0v) is 10.4. The molecule has 90 valence electrons. The SMILES string of the molecule is O=C1c2ccccc2C2c3sccc3COCN12. The molecule has 2 aliphatic heterocycles. The fourth-order valence-corrected chi connectivity index (χ4v) is 3.79. The van der Waals surface area contributed by atoms with Gasteiger partial charge in [0, 0.05) is 10.4 Å². The minimum absolute atomic E-state index is 0.0474. The maximum Gasteiger partial charge on any atom is 0.256 e. The molecule has 0 fully saturated rings. The van der Waals surface area contributed by atoms with Crippen LogP contribution in [0.15, 0.2) is 35.7 Å². The van der Waals surface area contributed by atoms with Crippen molar-refractivity contribution in [1.29, 1.82) is 0 Å². The van der Waals surface area contributed by atoms with Gasteiger partial charge in [-0.05, 0) is 28.6 Å². The summed E-state index contributed by atoms with van der Waals surface area (Å²) >= 11 is 1.71. The van der Waals surface area contributed by atoms with Crippen LogP contribution in [-0.2, 0) is 11.3 Å². The van der Waals surface area contributed by atoms with E-state index in [1.807, 2.05) is 29.2 Å². The van der Waals surface area contributed by atoms with Crippen LogP contribution in [0.25, 0.3) is 0 Å². The highest BCUT2D eigenvalue weighted by Crippen LogP contribution is 2.43. The summed E-state index contributed by atoms with van der Waals surface area (Å²) in [5.41, 5.74) is 3.13. The fraction of sp³-hybridized carbons (Fsp3) is 0.214. The zero-order chi connectivity index (χ0) is 12.1. The van der Waals surface area contributed by atoms with Gasteiger partial charge >= 0.3 is 0 Å². The molecule has 0 N–H and O–H groups in total. The molecule has 2 aliphatic rings. The lowest BCUT2D eigenvalue weighted by atomic mass is 10.0. The van der Waals surface area contributed by atoms with Crippen molar-refractivity contribution in [2.24, 2.45) is 0 Å². The van der Waals surface area contributed by atoms with Gasteiger partial charge in [0.2, 0.25) is 0 Å². The number of fused-ring (bicyclic) bond motifs is 5. The quantitative estimate of drug-likeness (QED) is 0.726. The maximum absolute atomic E-state index is 12.4. The van der Waals surface area contributed by atoms with Crippen molar-refractivity contribution in [3.63, 3.8) is 0 Å². The highest BCUT2D eigenvalue weighted by atomic mass is 32.1. The second kappa shape index (κ2) is 3.67. The van der Waals surface area contributed by atoms with Crippen molar-refractivity contribution in [1.82, 2.24) is 4.90 Å². The van der Waals surface area contributed by atoms with Crippen LogP contribution in [0.5, 0.6) is 0 Å². The molecule has 4 rings (SSSR count). The van der Waals surface area contributed by atoms with Gasteiger partial charge in [-0.3, -0.25) is 4.79 Å². The van der Waals surface area contributed by atoms with Crippen LogP contribution < -0.4 is 0 Å². The Kier molecular flexibility index (Phi) is 2.10. The third-order valence-electron chi connectivity index (χ3n) is 3.58. The molecule has 1 unspecified atom stereocenters. The van der Waals surface area contributed by atoms with E-state index in [-0.39, 0.29) is 11.9 Å². The highest BCUT2D eigenvalue weighted by Gasteiger charge is 2.40. The minimum atomic E-state index is 0.0474. The largest absolute Gasteiger partial charge is 0.356 e. The van der Waals surface area contributed by atoms with Crippen LogP contribution in [0.2, 0.25) is 0 Å². The Morgan fingerprint density at radius 1 is 1.28 bits per heavy atom. The summed E-state index contributed by atoms with van der Waals surface area (Å²) in [7, 11) is 0. The molecule has 1 amide bonds. The number of thiophene rings is 1. The van der Waals surface area contributed by atoms with Crippen molar-refractivity contribution in [3.05, 3.63) is 57.3 Å². The summed E-state index contributed by atoms with van der Waals surface area (Å²) in [6.45, 7) is 0.973. The smallest absolute Gasteiger partial charge is 0.256 e. The van der Waals surface area contributed by atoms with Crippen LogP contribution in [0.3, 0.4) is 0 Å². The van der Waals surface area contributed by atoms with Crippen LogP contribution >= 0.6 is 11.3 Å². The summed E-state index contributed by atoms with van der Waals surface area (Å²) < 4.78 is 5.61. The van der Waals surface area contributed by atoms with E-state index in [1.165, 1.54) is 10.4 Å². The third kappa shape index (κ3) is 1.24. The fourth-order valence-electron chi connectivity index (χ4n) is 2.75. The van der Waals surface area contributed by atoms with E-state index in [2.05, 4.69) is 11.4 Å². The Morgan fingerprint density at radius 3 is 3.11 bits per heavy atom.